The number of nitrogens with one attached hydrogen (secondary N) is 1. The molecule has 27 heavy (non-hydrogen) atoms. The molecular formula is C20H26ClN3O2S. The van der Waals surface area contributed by atoms with Gasteiger partial charge in [0.15, 0.2) is 15.8 Å². The lowest BCUT2D eigenvalue weighted by atomic mass is 10.1. The van der Waals surface area contributed by atoms with E-state index in [1.807, 2.05) is 50.4 Å². The average molecular weight is 408 g/mol. The molecule has 0 heterocycles. The normalized spacial score (nSPS) is 12.1. The Hall–Kier alpha value is -2.05. The Bertz CT molecular complexity index is 863. The van der Waals surface area contributed by atoms with Crippen LogP contribution in [0.25, 0.3) is 0 Å². The summed E-state index contributed by atoms with van der Waals surface area (Å²) in [6.45, 7) is 4.17. The molecule has 0 atom stereocenters. The first-order valence-electron chi connectivity index (χ1n) is 8.82. The first kappa shape index (κ1) is 21.3. The molecule has 0 aliphatic carbocycles. The van der Waals surface area contributed by atoms with E-state index >= 15 is 0 Å². The highest BCUT2D eigenvalue weighted by Gasteiger charge is 2.08. The third-order valence-corrected chi connectivity index (χ3v) is 5.42. The largest absolute Gasteiger partial charge is 0.357 e. The minimum absolute atomic E-state index is 0.339. The summed E-state index contributed by atoms with van der Waals surface area (Å²) in [6.07, 6.45) is 1.96. The van der Waals surface area contributed by atoms with E-state index in [1.165, 1.54) is 6.26 Å². The minimum Gasteiger partial charge on any atom is -0.357 e. The van der Waals surface area contributed by atoms with Crippen LogP contribution in [0.3, 0.4) is 0 Å². The minimum atomic E-state index is -3.16. The van der Waals surface area contributed by atoms with E-state index in [2.05, 4.69) is 15.2 Å². The van der Waals surface area contributed by atoms with Gasteiger partial charge in [0, 0.05) is 38.0 Å². The van der Waals surface area contributed by atoms with Gasteiger partial charge in [-0.15, -0.1) is 0 Å². The number of aliphatic imine (C=N–C) groups is 1. The van der Waals surface area contributed by atoms with Crippen LogP contribution in [0.15, 0.2) is 58.4 Å². The summed E-state index contributed by atoms with van der Waals surface area (Å²) < 4.78 is 23.0. The van der Waals surface area contributed by atoms with Gasteiger partial charge in [-0.25, -0.2) is 8.42 Å². The molecule has 1 N–H and O–H groups in total. The Morgan fingerprint density at radius 2 is 1.67 bits per heavy atom. The molecule has 2 aromatic rings. The summed E-state index contributed by atoms with van der Waals surface area (Å²) in [5.74, 6) is 0.834. The quantitative estimate of drug-likeness (QED) is 0.564. The van der Waals surface area contributed by atoms with Gasteiger partial charge in [0.1, 0.15) is 0 Å². The van der Waals surface area contributed by atoms with Gasteiger partial charge >= 0.3 is 0 Å². The standard InChI is InChI=1S/C20H26ClN3O2S/c1-4-22-20(24(2)15-17-5-9-18(21)10-6-17)23-14-13-16-7-11-19(12-8-16)27(3,25)26/h5-12H,4,13-15H2,1-3H3,(H,22,23). The van der Waals surface area contributed by atoms with Crippen LogP contribution < -0.4 is 5.32 Å². The van der Waals surface area contributed by atoms with E-state index in [0.29, 0.717) is 11.4 Å². The van der Waals surface area contributed by atoms with Gasteiger partial charge in [-0.3, -0.25) is 4.99 Å². The smallest absolute Gasteiger partial charge is 0.193 e. The fraction of sp³-hybridized carbons (Fsp3) is 0.350. The Kier molecular flexibility index (Phi) is 7.68. The molecule has 0 aromatic heterocycles. The molecule has 0 aliphatic rings. The lowest BCUT2D eigenvalue weighted by Crippen LogP contribution is -2.38. The molecule has 0 spiro atoms. The van der Waals surface area contributed by atoms with Crippen LogP contribution >= 0.6 is 11.6 Å². The second-order valence-corrected chi connectivity index (χ2v) is 8.84. The predicted octanol–water partition coefficient (Wildman–Crippen LogP) is 3.38. The van der Waals surface area contributed by atoms with Crippen molar-refractivity contribution < 1.29 is 8.42 Å². The molecule has 0 saturated carbocycles. The zero-order valence-electron chi connectivity index (χ0n) is 15.9. The van der Waals surface area contributed by atoms with E-state index in [9.17, 15) is 8.42 Å². The SMILES string of the molecule is CCNC(=NCCc1ccc(S(C)(=O)=O)cc1)N(C)Cc1ccc(Cl)cc1. The zero-order valence-corrected chi connectivity index (χ0v) is 17.5. The Morgan fingerprint density at radius 3 is 2.22 bits per heavy atom. The average Bonchev–Trinajstić information content (AvgIpc) is 2.62. The number of benzene rings is 2. The van der Waals surface area contributed by atoms with Crippen LogP contribution in [0.2, 0.25) is 5.02 Å². The lowest BCUT2D eigenvalue weighted by Gasteiger charge is -2.22. The number of hydrogen-bond acceptors (Lipinski definition) is 3. The van der Waals surface area contributed by atoms with Crippen molar-refractivity contribution in [2.75, 3.05) is 26.4 Å². The van der Waals surface area contributed by atoms with Crippen LogP contribution in [0.4, 0.5) is 0 Å². The fourth-order valence-corrected chi connectivity index (χ4v) is 3.36. The highest BCUT2D eigenvalue weighted by atomic mass is 35.5. The summed E-state index contributed by atoms with van der Waals surface area (Å²) >= 11 is 5.94. The third kappa shape index (κ3) is 6.88. The molecule has 0 bridgehead atoms. The van der Waals surface area contributed by atoms with Crippen molar-refractivity contribution >= 4 is 27.4 Å². The van der Waals surface area contributed by atoms with Crippen LogP contribution in [0.1, 0.15) is 18.1 Å². The van der Waals surface area contributed by atoms with Gasteiger partial charge in [0.25, 0.3) is 0 Å². The molecule has 0 radical (unpaired) electrons. The maximum absolute atomic E-state index is 11.5. The molecule has 0 fully saturated rings. The second-order valence-electron chi connectivity index (χ2n) is 6.38. The van der Waals surface area contributed by atoms with Crippen LogP contribution in [-0.4, -0.2) is 45.7 Å². The number of nitrogens with zero attached hydrogens (tertiary/aromatic N) is 2. The van der Waals surface area contributed by atoms with E-state index < -0.39 is 9.84 Å². The number of guanidine groups is 1. The Labute approximate surface area is 167 Å². The third-order valence-electron chi connectivity index (χ3n) is 4.04. The molecule has 146 valence electrons. The molecule has 0 saturated heterocycles. The molecule has 2 rings (SSSR count). The van der Waals surface area contributed by atoms with E-state index in [4.69, 9.17) is 11.6 Å². The molecule has 0 aliphatic heterocycles. The van der Waals surface area contributed by atoms with Crippen molar-refractivity contribution in [2.45, 2.75) is 24.8 Å². The van der Waals surface area contributed by atoms with Crippen molar-refractivity contribution in [1.29, 1.82) is 0 Å². The predicted molar refractivity (Wildman–Crippen MR) is 112 cm³/mol. The summed E-state index contributed by atoms with van der Waals surface area (Å²) in [5, 5.41) is 4.03. The van der Waals surface area contributed by atoms with Crippen LogP contribution in [0.5, 0.6) is 0 Å². The van der Waals surface area contributed by atoms with Crippen molar-refractivity contribution in [2.24, 2.45) is 4.99 Å². The summed E-state index contributed by atoms with van der Waals surface area (Å²) in [6, 6.07) is 14.8. The summed E-state index contributed by atoms with van der Waals surface area (Å²) in [7, 11) is -1.16. The number of halogens is 1. The van der Waals surface area contributed by atoms with E-state index in [1.54, 1.807) is 12.1 Å². The second kappa shape index (κ2) is 9.76. The maximum Gasteiger partial charge on any atom is 0.193 e. The lowest BCUT2D eigenvalue weighted by molar-refractivity contribution is 0.477. The first-order chi connectivity index (χ1) is 12.8. The van der Waals surface area contributed by atoms with Gasteiger partial charge in [0.2, 0.25) is 0 Å². The van der Waals surface area contributed by atoms with Crippen molar-refractivity contribution in [1.82, 2.24) is 10.2 Å². The molecule has 7 heteroatoms. The first-order valence-corrected chi connectivity index (χ1v) is 11.1. The maximum atomic E-state index is 11.5. The van der Waals surface area contributed by atoms with Gasteiger partial charge in [-0.2, -0.15) is 0 Å². The van der Waals surface area contributed by atoms with Gasteiger partial charge in [-0.05, 0) is 48.7 Å². The Morgan fingerprint density at radius 1 is 1.07 bits per heavy atom. The van der Waals surface area contributed by atoms with Crippen molar-refractivity contribution in [3.63, 3.8) is 0 Å². The molecular weight excluding hydrogens is 382 g/mol. The monoisotopic (exact) mass is 407 g/mol. The number of sulfone groups is 1. The number of rotatable bonds is 7. The molecule has 0 amide bonds. The topological polar surface area (TPSA) is 61.8 Å². The van der Waals surface area contributed by atoms with E-state index in [0.717, 1.165) is 41.6 Å². The molecule has 0 unspecified atom stereocenters. The molecule has 2 aromatic carbocycles. The van der Waals surface area contributed by atoms with Gasteiger partial charge in [0.05, 0.1) is 4.90 Å². The highest BCUT2D eigenvalue weighted by Crippen LogP contribution is 2.12. The highest BCUT2D eigenvalue weighted by molar-refractivity contribution is 7.90. The van der Waals surface area contributed by atoms with Crippen LogP contribution in [-0.2, 0) is 22.8 Å². The van der Waals surface area contributed by atoms with E-state index in [-0.39, 0.29) is 0 Å². The van der Waals surface area contributed by atoms with Crippen LogP contribution in [0, 0.1) is 0 Å². The van der Waals surface area contributed by atoms with Crippen molar-refractivity contribution in [3.05, 3.63) is 64.7 Å². The van der Waals surface area contributed by atoms with Crippen molar-refractivity contribution in [3.8, 4) is 0 Å². The number of hydrogen-bond donors (Lipinski definition) is 1. The van der Waals surface area contributed by atoms with Gasteiger partial charge < -0.3 is 10.2 Å². The molecule has 5 nitrogen and oxygen atoms in total. The Balaban J connectivity index is 1.98. The fourth-order valence-electron chi connectivity index (χ4n) is 2.60. The van der Waals surface area contributed by atoms with Gasteiger partial charge in [-0.1, -0.05) is 35.9 Å². The summed E-state index contributed by atoms with van der Waals surface area (Å²) in [5.41, 5.74) is 2.21. The summed E-state index contributed by atoms with van der Waals surface area (Å²) in [4.78, 5) is 7.09. The zero-order chi connectivity index (χ0) is 19.9.